The zero-order valence-electron chi connectivity index (χ0n) is 23.3. The number of esters is 1. The number of anilines is 1. The van der Waals surface area contributed by atoms with Crippen LogP contribution in [-0.4, -0.2) is 38.9 Å². The summed E-state index contributed by atoms with van der Waals surface area (Å²) >= 11 is 6.48. The second-order valence-electron chi connectivity index (χ2n) is 11.9. The van der Waals surface area contributed by atoms with Crippen LogP contribution in [0.25, 0.3) is 22.0 Å². The Morgan fingerprint density at radius 1 is 1.27 bits per heavy atom. The Labute approximate surface area is 237 Å². The van der Waals surface area contributed by atoms with Crippen LogP contribution in [-0.2, 0) is 21.4 Å². The molecule has 0 spiro atoms. The van der Waals surface area contributed by atoms with Crippen molar-refractivity contribution in [3.8, 4) is 11.1 Å². The predicted molar refractivity (Wildman–Crippen MR) is 150 cm³/mol. The summed E-state index contributed by atoms with van der Waals surface area (Å²) in [6.45, 7) is 5.70. The molecule has 3 aromatic rings. The average Bonchev–Trinajstić information content (AvgIpc) is 3.35. The summed E-state index contributed by atoms with van der Waals surface area (Å²) in [6, 6.07) is 4.92. The molecule has 0 saturated heterocycles. The first-order valence-electron chi connectivity index (χ1n) is 13.9. The molecular formula is C30H35ClF2N4O3. The molecule has 0 bridgehead atoms. The third-order valence-corrected chi connectivity index (χ3v) is 8.59. The molecular weight excluding hydrogens is 538 g/mol. The van der Waals surface area contributed by atoms with Gasteiger partial charge in [0.1, 0.15) is 17.0 Å². The minimum Gasteiger partial charge on any atom is -0.465 e. The second-order valence-corrected chi connectivity index (χ2v) is 12.3. The maximum absolute atomic E-state index is 15.1. The number of rotatable bonds is 8. The van der Waals surface area contributed by atoms with E-state index in [0.29, 0.717) is 52.1 Å². The lowest BCUT2D eigenvalue weighted by molar-refractivity contribution is -0.146. The Balaban J connectivity index is 1.26. The summed E-state index contributed by atoms with van der Waals surface area (Å²) in [5.41, 5.74) is 1.12. The lowest BCUT2D eigenvalue weighted by Gasteiger charge is -2.27. The van der Waals surface area contributed by atoms with E-state index in [1.807, 2.05) is 19.9 Å². The van der Waals surface area contributed by atoms with Crippen molar-refractivity contribution in [1.82, 2.24) is 14.8 Å². The minimum atomic E-state index is -1.22. The zero-order chi connectivity index (χ0) is 28.8. The summed E-state index contributed by atoms with van der Waals surface area (Å²) in [5, 5.41) is 8.29. The maximum atomic E-state index is 15.1. The van der Waals surface area contributed by atoms with E-state index in [4.69, 9.17) is 16.3 Å². The van der Waals surface area contributed by atoms with E-state index >= 15 is 4.39 Å². The molecule has 40 heavy (non-hydrogen) atoms. The lowest BCUT2D eigenvalue weighted by Crippen LogP contribution is -2.29. The molecule has 2 fully saturated rings. The predicted octanol–water partition coefficient (Wildman–Crippen LogP) is 6.98. The third-order valence-electron chi connectivity index (χ3n) is 8.29. The van der Waals surface area contributed by atoms with E-state index in [1.165, 1.54) is 19.2 Å². The van der Waals surface area contributed by atoms with Gasteiger partial charge in [0, 0.05) is 48.1 Å². The Kier molecular flexibility index (Phi) is 7.88. The van der Waals surface area contributed by atoms with Gasteiger partial charge in [0.15, 0.2) is 5.82 Å². The number of benzene rings is 1. The standard InChI is InChI=1S/C30H35ClF2N4O3/c1-16(2)28-22-10-19(11-24(32)27(22)36-37(28)4)21-12-25(34-14-23(21)31)35-29(39)18-7-5-6-17(8-18)9-26(38)40-15-20-13-30(20,3)33/h10-12,14,16-18,20H,5-9,13,15H2,1-4H3,(H,34,35,39)/t17-,18+,20?,30?/m1/s1. The number of nitrogens with zero attached hydrogens (tertiary/aromatic N) is 3. The second kappa shape index (κ2) is 11.1. The fourth-order valence-corrected chi connectivity index (χ4v) is 6.14. The van der Waals surface area contributed by atoms with E-state index in [0.717, 1.165) is 18.5 Å². The number of aromatic nitrogens is 3. The number of fused-ring (bicyclic) bond motifs is 1. The zero-order valence-corrected chi connectivity index (χ0v) is 24.0. The number of amides is 1. The number of alkyl halides is 1. The van der Waals surface area contributed by atoms with Crippen LogP contribution in [0.1, 0.15) is 70.9 Å². The molecule has 1 amide bonds. The van der Waals surface area contributed by atoms with Gasteiger partial charge in [0.2, 0.25) is 5.91 Å². The molecule has 10 heteroatoms. The van der Waals surface area contributed by atoms with Crippen molar-refractivity contribution in [1.29, 1.82) is 0 Å². The summed E-state index contributed by atoms with van der Waals surface area (Å²) < 4.78 is 35.7. The average molecular weight is 573 g/mol. The van der Waals surface area contributed by atoms with E-state index in [9.17, 15) is 14.0 Å². The highest BCUT2D eigenvalue weighted by Crippen LogP contribution is 2.47. The van der Waals surface area contributed by atoms with Crippen molar-refractivity contribution >= 4 is 40.2 Å². The Bertz CT molecular complexity index is 1450. The summed E-state index contributed by atoms with van der Waals surface area (Å²) in [4.78, 5) is 29.7. The topological polar surface area (TPSA) is 86.1 Å². The smallest absolute Gasteiger partial charge is 0.306 e. The molecule has 2 heterocycles. The molecule has 0 radical (unpaired) electrons. The number of aryl methyl sites for hydroxylation is 1. The Morgan fingerprint density at radius 2 is 2.02 bits per heavy atom. The van der Waals surface area contributed by atoms with Crippen LogP contribution in [0.2, 0.25) is 5.02 Å². The molecule has 2 saturated carbocycles. The van der Waals surface area contributed by atoms with E-state index < -0.39 is 11.5 Å². The van der Waals surface area contributed by atoms with E-state index in [-0.39, 0.29) is 48.6 Å². The van der Waals surface area contributed by atoms with Gasteiger partial charge < -0.3 is 10.1 Å². The first-order chi connectivity index (χ1) is 18.9. The van der Waals surface area contributed by atoms with Crippen LogP contribution in [0.5, 0.6) is 0 Å². The summed E-state index contributed by atoms with van der Waals surface area (Å²) in [5.74, 6) is -0.960. The van der Waals surface area contributed by atoms with Gasteiger partial charge in [-0.05, 0) is 68.2 Å². The van der Waals surface area contributed by atoms with Gasteiger partial charge in [-0.25, -0.2) is 13.8 Å². The number of hydrogen-bond donors (Lipinski definition) is 1. The monoisotopic (exact) mass is 572 g/mol. The van der Waals surface area contributed by atoms with Crippen LogP contribution in [0.15, 0.2) is 24.4 Å². The largest absolute Gasteiger partial charge is 0.465 e. The van der Waals surface area contributed by atoms with Crippen LogP contribution < -0.4 is 5.32 Å². The molecule has 214 valence electrons. The number of carbonyl (C=O) groups excluding carboxylic acids is 2. The number of pyridine rings is 1. The van der Waals surface area contributed by atoms with E-state index in [2.05, 4.69) is 15.4 Å². The number of carbonyl (C=O) groups is 2. The van der Waals surface area contributed by atoms with Gasteiger partial charge in [0.05, 0.1) is 11.6 Å². The highest BCUT2D eigenvalue weighted by atomic mass is 35.5. The van der Waals surface area contributed by atoms with Gasteiger partial charge in [-0.1, -0.05) is 31.9 Å². The molecule has 2 aliphatic carbocycles. The van der Waals surface area contributed by atoms with Gasteiger partial charge >= 0.3 is 5.97 Å². The molecule has 0 aliphatic heterocycles. The van der Waals surface area contributed by atoms with Crippen LogP contribution in [0.4, 0.5) is 14.6 Å². The number of hydrogen-bond acceptors (Lipinski definition) is 5. The van der Waals surface area contributed by atoms with Crippen molar-refractivity contribution in [3.05, 3.63) is 40.9 Å². The minimum absolute atomic E-state index is 0.0334. The van der Waals surface area contributed by atoms with Gasteiger partial charge in [0.25, 0.3) is 0 Å². The van der Waals surface area contributed by atoms with Gasteiger partial charge in [-0.3, -0.25) is 14.3 Å². The molecule has 1 aromatic carbocycles. The van der Waals surface area contributed by atoms with Crippen LogP contribution in [0, 0.1) is 23.6 Å². The fraction of sp³-hybridized carbons (Fsp3) is 0.533. The highest BCUT2D eigenvalue weighted by molar-refractivity contribution is 6.33. The first-order valence-corrected chi connectivity index (χ1v) is 14.3. The molecule has 1 N–H and O–H groups in total. The van der Waals surface area contributed by atoms with Crippen molar-refractivity contribution in [2.75, 3.05) is 11.9 Å². The highest BCUT2D eigenvalue weighted by Gasteiger charge is 2.51. The third kappa shape index (κ3) is 5.99. The molecule has 5 rings (SSSR count). The van der Waals surface area contributed by atoms with Crippen LogP contribution >= 0.6 is 11.6 Å². The molecule has 7 nitrogen and oxygen atoms in total. The number of halogens is 3. The molecule has 2 aromatic heterocycles. The van der Waals surface area contributed by atoms with Crippen molar-refractivity contribution in [3.63, 3.8) is 0 Å². The van der Waals surface area contributed by atoms with Crippen LogP contribution in [0.3, 0.4) is 0 Å². The van der Waals surface area contributed by atoms with Gasteiger partial charge in [-0.2, -0.15) is 5.10 Å². The van der Waals surface area contributed by atoms with Crippen molar-refractivity contribution in [2.45, 2.75) is 70.9 Å². The molecule has 2 unspecified atom stereocenters. The Hall–Kier alpha value is -3.07. The molecule has 2 aliphatic rings. The quantitative estimate of drug-likeness (QED) is 0.294. The SMILES string of the molecule is CC(C)c1c2cc(-c3cc(NC(=O)[C@H]4CCC[C@@H](CC(=O)OCC5CC5(C)F)C4)ncc3Cl)cc(F)c2nn1C. The van der Waals surface area contributed by atoms with Crippen molar-refractivity contribution in [2.24, 2.45) is 24.8 Å². The fourth-order valence-electron chi connectivity index (χ4n) is 5.93. The molecule has 4 atom stereocenters. The number of nitrogens with one attached hydrogen (secondary N) is 1. The normalized spacial score (nSPS) is 24.4. The summed E-state index contributed by atoms with van der Waals surface area (Å²) in [7, 11) is 1.80. The number of ether oxygens (including phenoxy) is 1. The Morgan fingerprint density at radius 3 is 2.73 bits per heavy atom. The summed E-state index contributed by atoms with van der Waals surface area (Å²) in [6.07, 6.45) is 5.04. The lowest BCUT2D eigenvalue weighted by atomic mass is 9.79. The first kappa shape index (κ1) is 28.5. The van der Waals surface area contributed by atoms with E-state index in [1.54, 1.807) is 17.8 Å². The maximum Gasteiger partial charge on any atom is 0.306 e. The van der Waals surface area contributed by atoms with Gasteiger partial charge in [-0.15, -0.1) is 0 Å². The van der Waals surface area contributed by atoms with Crippen molar-refractivity contribution < 1.29 is 23.1 Å².